The van der Waals surface area contributed by atoms with Crippen molar-refractivity contribution in [3.8, 4) is 0 Å². The minimum Gasteiger partial charge on any atom is -0.366 e. The molecule has 0 aromatic heterocycles. The number of aliphatic hydroxyl groups excluding tert-OH is 1. The average Bonchev–Trinajstić information content (AvgIpc) is 2.28. The van der Waals surface area contributed by atoms with Crippen LogP contribution >= 0.6 is 0 Å². The van der Waals surface area contributed by atoms with Gasteiger partial charge in [-0.05, 0) is 13.3 Å². The highest BCUT2D eigenvalue weighted by atomic mass is 16.8. The van der Waals surface area contributed by atoms with Gasteiger partial charge in [-0.15, -0.1) is 0 Å². The molecule has 4 heteroatoms. The molecule has 1 fully saturated rings. The summed E-state index contributed by atoms with van der Waals surface area (Å²) in [5, 5.41) is 9.23. The largest absolute Gasteiger partial charge is 0.366 e. The molecule has 0 bridgehead atoms. The Bertz CT molecular complexity index is 127. The van der Waals surface area contributed by atoms with E-state index in [0.717, 1.165) is 6.42 Å². The Hall–Kier alpha value is -0.160. The Morgan fingerprint density at radius 3 is 2.55 bits per heavy atom. The van der Waals surface area contributed by atoms with E-state index in [2.05, 4.69) is 0 Å². The Balaban J connectivity index is 2.45. The van der Waals surface area contributed by atoms with Crippen molar-refractivity contribution in [2.45, 2.75) is 45.0 Å². The maximum absolute atomic E-state index is 9.23. The molecule has 4 atom stereocenters. The van der Waals surface area contributed by atoms with E-state index in [1.54, 1.807) is 6.92 Å². The van der Waals surface area contributed by atoms with E-state index >= 15 is 0 Å². The molecule has 1 heterocycles. The first-order valence-electron chi connectivity index (χ1n) is 3.89. The van der Waals surface area contributed by atoms with Crippen LogP contribution in [0.3, 0.4) is 0 Å². The summed E-state index contributed by atoms with van der Waals surface area (Å²) < 4.78 is 10.2. The molecule has 0 saturated carbocycles. The molecule has 1 aliphatic rings. The third-order valence-corrected chi connectivity index (χ3v) is 1.85. The topological polar surface area (TPSA) is 64.7 Å². The molecule has 1 rings (SSSR count). The second kappa shape index (κ2) is 3.49. The molecule has 11 heavy (non-hydrogen) atoms. The first-order chi connectivity index (χ1) is 5.15. The average molecular weight is 161 g/mol. The number of nitrogens with two attached hydrogens (primary N) is 1. The fourth-order valence-electron chi connectivity index (χ4n) is 1.14. The van der Waals surface area contributed by atoms with Crippen molar-refractivity contribution in [2.75, 3.05) is 0 Å². The van der Waals surface area contributed by atoms with Gasteiger partial charge in [-0.2, -0.15) is 0 Å². The smallest absolute Gasteiger partial charge is 0.185 e. The Labute approximate surface area is 66.3 Å². The minimum absolute atomic E-state index is 0.144. The number of rotatable bonds is 2. The van der Waals surface area contributed by atoms with E-state index in [1.165, 1.54) is 0 Å². The number of aliphatic hydroxyl groups is 1. The van der Waals surface area contributed by atoms with Crippen LogP contribution in [0.25, 0.3) is 0 Å². The van der Waals surface area contributed by atoms with Gasteiger partial charge in [0.15, 0.2) is 12.6 Å². The maximum atomic E-state index is 9.23. The highest BCUT2D eigenvalue weighted by molar-refractivity contribution is 4.78. The second-order valence-corrected chi connectivity index (χ2v) is 2.77. The van der Waals surface area contributed by atoms with Crippen molar-refractivity contribution in [1.29, 1.82) is 0 Å². The molecule has 0 aliphatic carbocycles. The Morgan fingerprint density at radius 1 is 1.55 bits per heavy atom. The van der Waals surface area contributed by atoms with Gasteiger partial charge in [-0.25, -0.2) is 0 Å². The van der Waals surface area contributed by atoms with Crippen LogP contribution in [-0.4, -0.2) is 29.8 Å². The summed E-state index contributed by atoms with van der Waals surface area (Å²) in [7, 11) is 0. The standard InChI is InChI=1S/C7H15NO3/c1-3-5(8)6-7(9)11-4(2)10-6/h4-7,9H,3,8H2,1-2H3/t4-,5+,6-,7-/m0/s1. The maximum Gasteiger partial charge on any atom is 0.185 e. The monoisotopic (exact) mass is 161 g/mol. The van der Waals surface area contributed by atoms with Crippen LogP contribution in [-0.2, 0) is 9.47 Å². The molecule has 0 aromatic rings. The van der Waals surface area contributed by atoms with Gasteiger partial charge in [0.2, 0.25) is 0 Å². The van der Waals surface area contributed by atoms with Crippen molar-refractivity contribution in [1.82, 2.24) is 0 Å². The third kappa shape index (κ3) is 1.90. The molecule has 3 N–H and O–H groups in total. The van der Waals surface area contributed by atoms with Gasteiger partial charge in [0.05, 0.1) is 0 Å². The summed E-state index contributed by atoms with van der Waals surface area (Å²) in [5.41, 5.74) is 5.67. The van der Waals surface area contributed by atoms with Crippen LogP contribution in [0.5, 0.6) is 0 Å². The Morgan fingerprint density at radius 2 is 2.18 bits per heavy atom. The quantitative estimate of drug-likeness (QED) is 0.589. The van der Waals surface area contributed by atoms with Crippen molar-refractivity contribution >= 4 is 0 Å². The van der Waals surface area contributed by atoms with Crippen LogP contribution < -0.4 is 5.73 Å². The number of hydrogen-bond donors (Lipinski definition) is 2. The molecule has 0 radical (unpaired) electrons. The van der Waals surface area contributed by atoms with Crippen LogP contribution in [0.15, 0.2) is 0 Å². The van der Waals surface area contributed by atoms with Crippen molar-refractivity contribution < 1.29 is 14.6 Å². The van der Waals surface area contributed by atoms with E-state index in [-0.39, 0.29) is 18.4 Å². The summed E-state index contributed by atoms with van der Waals surface area (Å²) in [6.45, 7) is 3.69. The summed E-state index contributed by atoms with van der Waals surface area (Å²) in [6, 6.07) is -0.144. The highest BCUT2D eigenvalue weighted by Crippen LogP contribution is 2.19. The van der Waals surface area contributed by atoms with Gasteiger partial charge in [-0.1, -0.05) is 6.92 Å². The number of ether oxygens (including phenoxy) is 2. The SMILES string of the molecule is CC[C@@H](N)[C@@H]1O[C@H](C)O[C@@H]1O. The van der Waals surface area contributed by atoms with Crippen LogP contribution in [0.4, 0.5) is 0 Å². The first-order valence-corrected chi connectivity index (χ1v) is 3.89. The zero-order chi connectivity index (χ0) is 8.43. The van der Waals surface area contributed by atoms with Crippen LogP contribution in [0.2, 0.25) is 0 Å². The first kappa shape index (κ1) is 8.93. The lowest BCUT2D eigenvalue weighted by Gasteiger charge is -2.17. The van der Waals surface area contributed by atoms with Gasteiger partial charge in [0.25, 0.3) is 0 Å². The number of hydrogen-bond acceptors (Lipinski definition) is 4. The van der Waals surface area contributed by atoms with Gasteiger partial charge in [-0.3, -0.25) is 0 Å². The molecule has 0 unspecified atom stereocenters. The van der Waals surface area contributed by atoms with Gasteiger partial charge >= 0.3 is 0 Å². The predicted octanol–water partition coefficient (Wildman–Crippen LogP) is -0.197. The van der Waals surface area contributed by atoms with E-state index < -0.39 is 6.29 Å². The zero-order valence-corrected chi connectivity index (χ0v) is 6.86. The van der Waals surface area contributed by atoms with E-state index in [1.807, 2.05) is 6.92 Å². The molecule has 1 aliphatic heterocycles. The molecule has 4 nitrogen and oxygen atoms in total. The normalized spacial score (nSPS) is 40.9. The fraction of sp³-hybridized carbons (Fsp3) is 1.00. The van der Waals surface area contributed by atoms with E-state index in [0.29, 0.717) is 0 Å². The highest BCUT2D eigenvalue weighted by Gasteiger charge is 2.35. The second-order valence-electron chi connectivity index (χ2n) is 2.77. The van der Waals surface area contributed by atoms with Crippen LogP contribution in [0, 0.1) is 0 Å². The lowest BCUT2D eigenvalue weighted by molar-refractivity contribution is -0.105. The molecule has 66 valence electrons. The predicted molar refractivity (Wildman–Crippen MR) is 39.7 cm³/mol. The molecule has 0 amide bonds. The lowest BCUT2D eigenvalue weighted by atomic mass is 10.1. The van der Waals surface area contributed by atoms with E-state index in [9.17, 15) is 5.11 Å². The molecule has 0 aromatic carbocycles. The van der Waals surface area contributed by atoms with Gasteiger partial charge < -0.3 is 20.3 Å². The third-order valence-electron chi connectivity index (χ3n) is 1.85. The minimum atomic E-state index is -0.861. The van der Waals surface area contributed by atoms with E-state index in [4.69, 9.17) is 15.2 Å². The van der Waals surface area contributed by atoms with Crippen LogP contribution in [0.1, 0.15) is 20.3 Å². The molecule has 1 saturated heterocycles. The van der Waals surface area contributed by atoms with Crippen molar-refractivity contribution in [2.24, 2.45) is 5.73 Å². The lowest BCUT2D eigenvalue weighted by Crippen LogP contribution is -2.40. The van der Waals surface area contributed by atoms with Crippen molar-refractivity contribution in [3.63, 3.8) is 0 Å². The van der Waals surface area contributed by atoms with Crippen molar-refractivity contribution in [3.05, 3.63) is 0 Å². The zero-order valence-electron chi connectivity index (χ0n) is 6.86. The summed E-state index contributed by atoms with van der Waals surface area (Å²) in [4.78, 5) is 0. The molecule has 0 spiro atoms. The summed E-state index contributed by atoms with van der Waals surface area (Å²) in [6.07, 6.45) is -0.791. The molecular weight excluding hydrogens is 146 g/mol. The van der Waals surface area contributed by atoms with Gasteiger partial charge in [0, 0.05) is 6.04 Å². The summed E-state index contributed by atoms with van der Waals surface area (Å²) in [5.74, 6) is 0. The molecular formula is C7H15NO3. The Kier molecular flexibility index (Phi) is 2.84. The summed E-state index contributed by atoms with van der Waals surface area (Å²) >= 11 is 0. The van der Waals surface area contributed by atoms with Gasteiger partial charge in [0.1, 0.15) is 6.10 Å². The fourth-order valence-corrected chi connectivity index (χ4v) is 1.14.